The number of hydrogen-bond donors (Lipinski definition) is 1. The third-order valence-corrected chi connectivity index (χ3v) is 10.9. The molecular weight excluding hydrogens is 646 g/mol. The van der Waals surface area contributed by atoms with Crippen molar-refractivity contribution in [3.8, 4) is 11.3 Å². The van der Waals surface area contributed by atoms with Gasteiger partial charge in [0.05, 0.1) is 43.4 Å². The van der Waals surface area contributed by atoms with Crippen LogP contribution in [0.5, 0.6) is 0 Å². The quantitative estimate of drug-likeness (QED) is 0.271. The standard InChI is InChI=1S/C38H47N9O4/c1-24-19-44(29-21-50-22-29)10-12-46(24)27-6-7-35(40-18-27)41-33-15-32(42-43(5)37(33)49)30-8-9-39-36(31(30)23-51-25(2)48)45-11-13-47-28(20-45)14-26-16-38(3,4)17-34(26)47/h6-9,14-15,18,24,29H,10-13,16-17,19-23H2,1-5H3,(H,40,41)/t24-/m0/s1. The Kier molecular flexibility index (Phi) is 8.58. The molecule has 0 unspecified atom stereocenters. The Balaban J connectivity index is 1.05. The first kappa shape index (κ1) is 33.4. The number of aryl methyl sites for hydroxylation is 1. The van der Waals surface area contributed by atoms with Crippen LogP contribution in [0.3, 0.4) is 0 Å². The smallest absolute Gasteiger partial charge is 0.302 e. The van der Waals surface area contributed by atoms with E-state index < -0.39 is 0 Å². The minimum atomic E-state index is -0.378. The molecule has 2 fully saturated rings. The van der Waals surface area contributed by atoms with Crippen molar-refractivity contribution in [3.63, 3.8) is 0 Å². The molecule has 268 valence electrons. The molecule has 0 amide bonds. The van der Waals surface area contributed by atoms with E-state index in [1.165, 1.54) is 28.6 Å². The van der Waals surface area contributed by atoms with E-state index in [9.17, 15) is 9.59 Å². The number of nitrogens with one attached hydrogen (secondary N) is 1. The number of piperazine rings is 1. The number of nitrogens with zero attached hydrogens (tertiary/aromatic N) is 8. The van der Waals surface area contributed by atoms with Crippen LogP contribution in [0.2, 0.25) is 0 Å². The normalized spacial score (nSPS) is 20.1. The number of anilines is 4. The van der Waals surface area contributed by atoms with Crippen molar-refractivity contribution < 1.29 is 14.3 Å². The number of aromatic nitrogens is 5. The first-order valence-electron chi connectivity index (χ1n) is 18.0. The Morgan fingerprint density at radius 2 is 1.92 bits per heavy atom. The van der Waals surface area contributed by atoms with Crippen molar-refractivity contribution in [2.45, 2.75) is 72.3 Å². The minimum Gasteiger partial charge on any atom is -0.461 e. The molecule has 13 heteroatoms. The van der Waals surface area contributed by atoms with Gasteiger partial charge in [-0.1, -0.05) is 13.8 Å². The lowest BCUT2D eigenvalue weighted by molar-refractivity contribution is -0.142. The van der Waals surface area contributed by atoms with Gasteiger partial charge < -0.3 is 29.2 Å². The fourth-order valence-electron chi connectivity index (χ4n) is 8.23. The predicted molar refractivity (Wildman–Crippen MR) is 195 cm³/mol. The predicted octanol–water partition coefficient (Wildman–Crippen LogP) is 3.90. The highest BCUT2D eigenvalue weighted by atomic mass is 16.5. The molecule has 4 aromatic heterocycles. The fourth-order valence-corrected chi connectivity index (χ4v) is 8.23. The summed E-state index contributed by atoms with van der Waals surface area (Å²) in [7, 11) is 1.64. The zero-order valence-corrected chi connectivity index (χ0v) is 30.2. The van der Waals surface area contributed by atoms with Crippen LogP contribution in [0.15, 0.2) is 47.5 Å². The average molecular weight is 694 g/mol. The summed E-state index contributed by atoms with van der Waals surface area (Å²) in [6.07, 6.45) is 5.81. The largest absolute Gasteiger partial charge is 0.461 e. The van der Waals surface area contributed by atoms with Gasteiger partial charge in [-0.15, -0.1) is 0 Å². The van der Waals surface area contributed by atoms with Crippen LogP contribution < -0.4 is 20.7 Å². The average Bonchev–Trinajstić information content (AvgIpc) is 3.56. The van der Waals surface area contributed by atoms with Crippen LogP contribution in [0, 0.1) is 5.41 Å². The van der Waals surface area contributed by atoms with Gasteiger partial charge in [0.2, 0.25) is 0 Å². The molecule has 4 aromatic rings. The topological polar surface area (TPSA) is 123 Å². The summed E-state index contributed by atoms with van der Waals surface area (Å²) in [5, 5.41) is 7.89. The molecule has 3 aliphatic heterocycles. The molecule has 0 aromatic carbocycles. The summed E-state index contributed by atoms with van der Waals surface area (Å²) in [6.45, 7) is 15.3. The maximum absolute atomic E-state index is 13.4. The number of ether oxygens (including phenoxy) is 2. The molecule has 0 bridgehead atoms. The maximum atomic E-state index is 13.4. The second-order valence-electron chi connectivity index (χ2n) is 15.3. The van der Waals surface area contributed by atoms with Crippen LogP contribution in [-0.2, 0) is 53.9 Å². The van der Waals surface area contributed by atoms with E-state index in [2.05, 4.69) is 62.6 Å². The molecular formula is C38H47N9O4. The van der Waals surface area contributed by atoms with Crippen molar-refractivity contribution in [2.75, 3.05) is 54.5 Å². The molecule has 51 heavy (non-hydrogen) atoms. The van der Waals surface area contributed by atoms with Crippen molar-refractivity contribution >= 4 is 29.0 Å². The first-order valence-corrected chi connectivity index (χ1v) is 18.0. The summed E-state index contributed by atoms with van der Waals surface area (Å²) in [4.78, 5) is 42.1. The summed E-state index contributed by atoms with van der Waals surface area (Å²) in [5.74, 6) is 0.935. The van der Waals surface area contributed by atoms with Crippen molar-refractivity contribution in [3.05, 3.63) is 75.6 Å². The molecule has 0 radical (unpaired) electrons. The number of esters is 1. The highest BCUT2D eigenvalue weighted by molar-refractivity contribution is 5.74. The van der Waals surface area contributed by atoms with Gasteiger partial charge >= 0.3 is 5.97 Å². The highest BCUT2D eigenvalue weighted by Gasteiger charge is 2.35. The Morgan fingerprint density at radius 1 is 1.08 bits per heavy atom. The monoisotopic (exact) mass is 693 g/mol. The van der Waals surface area contributed by atoms with Gasteiger partial charge in [-0.25, -0.2) is 14.6 Å². The number of carbonyl (C=O) groups is 1. The maximum Gasteiger partial charge on any atom is 0.302 e. The number of carbonyl (C=O) groups excluding carboxylic acids is 1. The van der Waals surface area contributed by atoms with E-state index in [-0.39, 0.29) is 18.1 Å². The SMILES string of the molecule is CC(=O)OCc1c(-c2cc(Nc3ccc(N4CCN(C5COC5)C[C@@H]4C)cn3)c(=O)n(C)n2)ccnc1N1CCn2c(cc3c2CC(C)(C)C3)C1. The molecule has 1 atom stereocenters. The molecule has 2 saturated heterocycles. The van der Waals surface area contributed by atoms with Crippen molar-refractivity contribution in [1.82, 2.24) is 29.2 Å². The van der Waals surface area contributed by atoms with Gasteiger partial charge in [0.1, 0.15) is 23.9 Å². The molecule has 8 rings (SSSR count). The van der Waals surface area contributed by atoms with E-state index in [0.717, 1.165) is 81.4 Å². The Hall–Kier alpha value is -4.75. The Morgan fingerprint density at radius 3 is 2.65 bits per heavy atom. The van der Waals surface area contributed by atoms with Crippen molar-refractivity contribution in [2.24, 2.45) is 12.5 Å². The van der Waals surface area contributed by atoms with Crippen LogP contribution in [0.1, 0.15) is 50.2 Å². The van der Waals surface area contributed by atoms with Crippen LogP contribution >= 0.6 is 0 Å². The molecule has 1 aliphatic carbocycles. The van der Waals surface area contributed by atoms with Crippen molar-refractivity contribution in [1.29, 1.82) is 0 Å². The number of fused-ring (bicyclic) bond motifs is 3. The third kappa shape index (κ3) is 6.48. The van der Waals surface area contributed by atoms with Gasteiger partial charge in [-0.2, -0.15) is 5.10 Å². The molecule has 7 heterocycles. The minimum absolute atomic E-state index is 0.0352. The van der Waals surface area contributed by atoms with Gasteiger partial charge in [0.25, 0.3) is 5.56 Å². The fraction of sp³-hybridized carbons (Fsp3) is 0.500. The van der Waals surface area contributed by atoms with Gasteiger partial charge in [0.15, 0.2) is 0 Å². The van der Waals surface area contributed by atoms with E-state index in [1.54, 1.807) is 19.3 Å². The molecule has 1 N–H and O–H groups in total. The number of pyridine rings is 2. The van der Waals surface area contributed by atoms with E-state index in [4.69, 9.17) is 19.4 Å². The molecule has 0 saturated carbocycles. The summed E-state index contributed by atoms with van der Waals surface area (Å²) in [5.41, 5.74) is 7.66. The number of rotatable bonds is 8. The first-order chi connectivity index (χ1) is 24.5. The molecule has 13 nitrogen and oxygen atoms in total. The molecule has 4 aliphatic rings. The van der Waals surface area contributed by atoms with Gasteiger partial charge in [-0.05, 0) is 61.1 Å². The van der Waals surface area contributed by atoms with E-state index >= 15 is 0 Å². The second kappa shape index (κ2) is 13.1. The van der Waals surface area contributed by atoms with E-state index in [1.807, 2.05) is 18.3 Å². The Bertz CT molecular complexity index is 2020. The second-order valence-corrected chi connectivity index (χ2v) is 15.3. The third-order valence-electron chi connectivity index (χ3n) is 10.9. The lowest BCUT2D eigenvalue weighted by atomic mass is 9.90. The summed E-state index contributed by atoms with van der Waals surface area (Å²) in [6, 6.07) is 10.8. The van der Waals surface area contributed by atoms with Gasteiger partial charge in [-0.3, -0.25) is 14.5 Å². The lowest BCUT2D eigenvalue weighted by Gasteiger charge is -2.46. The highest BCUT2D eigenvalue weighted by Crippen LogP contribution is 2.40. The molecule has 0 spiro atoms. The summed E-state index contributed by atoms with van der Waals surface area (Å²) >= 11 is 0. The lowest BCUT2D eigenvalue weighted by Crippen LogP contribution is -2.59. The zero-order valence-electron chi connectivity index (χ0n) is 30.2. The zero-order chi connectivity index (χ0) is 35.4. The number of hydrogen-bond acceptors (Lipinski definition) is 11. The van der Waals surface area contributed by atoms with Gasteiger partial charge in [0, 0.05) is 81.4 Å². The van der Waals surface area contributed by atoms with Crippen LogP contribution in [0.4, 0.5) is 23.0 Å². The van der Waals surface area contributed by atoms with Crippen LogP contribution in [0.25, 0.3) is 11.3 Å². The Labute approximate surface area is 298 Å². The van der Waals surface area contributed by atoms with Crippen LogP contribution in [-0.4, -0.2) is 86.7 Å². The van der Waals surface area contributed by atoms with E-state index in [0.29, 0.717) is 41.2 Å². The summed E-state index contributed by atoms with van der Waals surface area (Å²) < 4.78 is 14.8.